The Kier molecular flexibility index (Phi) is 7.62. The lowest BCUT2D eigenvalue weighted by molar-refractivity contribution is -0.111. The smallest absolute Gasteiger partial charge is 0.247 e. The Morgan fingerprint density at radius 1 is 1.05 bits per heavy atom. The molecule has 8 nitrogen and oxygen atoms in total. The zero-order valence-corrected chi connectivity index (χ0v) is 21.5. The number of aromatic nitrogens is 2. The van der Waals surface area contributed by atoms with Crippen LogP contribution in [-0.4, -0.2) is 65.2 Å². The van der Waals surface area contributed by atoms with Crippen LogP contribution < -0.4 is 15.5 Å². The zero-order valence-electron chi connectivity index (χ0n) is 21.5. The van der Waals surface area contributed by atoms with Crippen molar-refractivity contribution in [3.05, 3.63) is 85.1 Å². The first-order valence-corrected chi connectivity index (χ1v) is 12.8. The lowest BCUT2D eigenvalue weighted by Crippen LogP contribution is -2.47. The van der Waals surface area contributed by atoms with E-state index in [2.05, 4.69) is 57.1 Å². The molecule has 4 aromatic rings. The van der Waals surface area contributed by atoms with Crippen molar-refractivity contribution < 1.29 is 9.90 Å². The molecule has 0 saturated carbocycles. The predicted octanol–water partition coefficient (Wildman–Crippen LogP) is 4.59. The number of anilines is 4. The number of aliphatic hydroxyl groups is 1. The second-order valence-corrected chi connectivity index (χ2v) is 9.39. The maximum atomic E-state index is 11.8. The molecule has 3 N–H and O–H groups in total. The van der Waals surface area contributed by atoms with Crippen molar-refractivity contribution in [2.45, 2.75) is 6.92 Å². The standard InChI is InChI=1S/C30H32N6O2/c1-3-27(38)32-25-6-4-5-22(19-25)28-21(2)7-8-23-20-31-30(34-29(23)28)33-24-9-11-26(12-10-24)36-15-13-35(14-16-36)17-18-37/h3-12,19-20,37H,1,13-18H2,2H3,(H,32,38)(H,31,33,34). The summed E-state index contributed by atoms with van der Waals surface area (Å²) in [6.07, 6.45) is 3.09. The number of carbonyl (C=O) groups is 1. The van der Waals surface area contributed by atoms with Crippen molar-refractivity contribution in [1.82, 2.24) is 14.9 Å². The number of aliphatic hydroxyl groups excluding tert-OH is 1. The maximum absolute atomic E-state index is 11.8. The fourth-order valence-electron chi connectivity index (χ4n) is 4.82. The molecule has 38 heavy (non-hydrogen) atoms. The van der Waals surface area contributed by atoms with E-state index in [9.17, 15) is 4.79 Å². The molecule has 1 fully saturated rings. The normalized spacial score (nSPS) is 13.9. The summed E-state index contributed by atoms with van der Waals surface area (Å²) in [5, 5.41) is 16.3. The molecule has 194 valence electrons. The van der Waals surface area contributed by atoms with E-state index in [1.807, 2.05) is 48.7 Å². The summed E-state index contributed by atoms with van der Waals surface area (Å²) in [6.45, 7) is 10.3. The monoisotopic (exact) mass is 508 g/mol. The molecular weight excluding hydrogens is 476 g/mol. The average molecular weight is 509 g/mol. The quantitative estimate of drug-likeness (QED) is 0.300. The van der Waals surface area contributed by atoms with E-state index >= 15 is 0 Å². The third-order valence-corrected chi connectivity index (χ3v) is 6.84. The molecule has 1 saturated heterocycles. The molecule has 0 spiro atoms. The Morgan fingerprint density at radius 3 is 2.58 bits per heavy atom. The van der Waals surface area contributed by atoms with Gasteiger partial charge in [-0.25, -0.2) is 9.97 Å². The Balaban J connectivity index is 1.37. The first kappa shape index (κ1) is 25.4. The first-order chi connectivity index (χ1) is 18.5. The van der Waals surface area contributed by atoms with Gasteiger partial charge in [-0.15, -0.1) is 0 Å². The van der Waals surface area contributed by atoms with Gasteiger partial charge in [-0.1, -0.05) is 30.8 Å². The van der Waals surface area contributed by atoms with Gasteiger partial charge in [0.05, 0.1) is 12.1 Å². The molecule has 1 aromatic heterocycles. The van der Waals surface area contributed by atoms with Crippen LogP contribution in [0.2, 0.25) is 0 Å². The third-order valence-electron chi connectivity index (χ3n) is 6.84. The van der Waals surface area contributed by atoms with E-state index in [-0.39, 0.29) is 12.5 Å². The van der Waals surface area contributed by atoms with Crippen LogP contribution in [0.4, 0.5) is 23.0 Å². The minimum atomic E-state index is -0.249. The minimum absolute atomic E-state index is 0.207. The summed E-state index contributed by atoms with van der Waals surface area (Å²) in [5.41, 5.74) is 6.67. The number of rotatable bonds is 8. The number of nitrogens with one attached hydrogen (secondary N) is 2. The highest BCUT2D eigenvalue weighted by Crippen LogP contribution is 2.33. The molecule has 0 radical (unpaired) electrons. The van der Waals surface area contributed by atoms with Crippen molar-refractivity contribution in [2.24, 2.45) is 0 Å². The summed E-state index contributed by atoms with van der Waals surface area (Å²) >= 11 is 0. The van der Waals surface area contributed by atoms with Gasteiger partial charge in [0.1, 0.15) is 0 Å². The van der Waals surface area contributed by atoms with E-state index in [0.29, 0.717) is 11.6 Å². The van der Waals surface area contributed by atoms with Gasteiger partial charge in [0.25, 0.3) is 0 Å². The van der Waals surface area contributed by atoms with Gasteiger partial charge in [0.15, 0.2) is 0 Å². The molecule has 3 aromatic carbocycles. The number of piperazine rings is 1. The van der Waals surface area contributed by atoms with E-state index < -0.39 is 0 Å². The molecule has 5 rings (SSSR count). The summed E-state index contributed by atoms with van der Waals surface area (Å²) in [5.74, 6) is 0.270. The molecule has 1 amide bonds. The number of hydrogen-bond acceptors (Lipinski definition) is 7. The Bertz CT molecular complexity index is 1450. The SMILES string of the molecule is C=CC(=O)Nc1cccc(-c2c(C)ccc3cnc(Nc4ccc(N5CCN(CCO)CC5)cc4)nc23)c1. The average Bonchev–Trinajstić information content (AvgIpc) is 2.94. The molecule has 0 unspecified atom stereocenters. The largest absolute Gasteiger partial charge is 0.395 e. The molecule has 2 heterocycles. The summed E-state index contributed by atoms with van der Waals surface area (Å²) < 4.78 is 0. The molecule has 0 aliphatic carbocycles. The van der Waals surface area contributed by atoms with E-state index in [1.165, 1.54) is 11.8 Å². The number of nitrogens with zero attached hydrogens (tertiary/aromatic N) is 4. The topological polar surface area (TPSA) is 93.6 Å². The number of β-amino-alcohol motifs (C(OH)–C–C–N with tert-alkyl or cyclic N) is 1. The van der Waals surface area contributed by atoms with Crippen LogP contribution in [0.3, 0.4) is 0 Å². The number of carbonyl (C=O) groups excluding carboxylic acids is 1. The van der Waals surface area contributed by atoms with Crippen LogP contribution in [0.15, 0.2) is 79.5 Å². The van der Waals surface area contributed by atoms with Crippen molar-refractivity contribution >= 4 is 39.8 Å². The molecule has 8 heteroatoms. The first-order valence-electron chi connectivity index (χ1n) is 12.8. The highest BCUT2D eigenvalue weighted by atomic mass is 16.3. The number of aryl methyl sites for hydroxylation is 1. The van der Waals surface area contributed by atoms with Gasteiger partial charge < -0.3 is 20.6 Å². The van der Waals surface area contributed by atoms with E-state index in [0.717, 1.165) is 66.0 Å². The summed E-state index contributed by atoms with van der Waals surface area (Å²) in [7, 11) is 0. The molecular formula is C30H32N6O2. The van der Waals surface area contributed by atoms with E-state index in [1.54, 1.807) is 0 Å². The Morgan fingerprint density at radius 2 is 1.84 bits per heavy atom. The number of fused-ring (bicyclic) bond motifs is 1. The zero-order chi connectivity index (χ0) is 26.5. The van der Waals surface area contributed by atoms with Gasteiger partial charge >= 0.3 is 0 Å². The highest BCUT2D eigenvalue weighted by molar-refractivity contribution is 6.00. The predicted molar refractivity (Wildman–Crippen MR) is 154 cm³/mol. The fraction of sp³-hybridized carbons (Fsp3) is 0.233. The number of benzene rings is 3. The highest BCUT2D eigenvalue weighted by Gasteiger charge is 2.17. The van der Waals surface area contributed by atoms with Gasteiger partial charge in [-0.3, -0.25) is 9.69 Å². The maximum Gasteiger partial charge on any atom is 0.247 e. The summed E-state index contributed by atoms with van der Waals surface area (Å²) in [6, 6.07) is 20.1. The van der Waals surface area contributed by atoms with Gasteiger partial charge in [0, 0.05) is 66.9 Å². The van der Waals surface area contributed by atoms with Crippen LogP contribution in [0, 0.1) is 6.92 Å². The third kappa shape index (κ3) is 5.66. The van der Waals surface area contributed by atoms with Crippen molar-refractivity contribution in [3.63, 3.8) is 0 Å². The van der Waals surface area contributed by atoms with Crippen LogP contribution in [0.5, 0.6) is 0 Å². The number of hydrogen-bond donors (Lipinski definition) is 3. The van der Waals surface area contributed by atoms with Gasteiger partial charge in [-0.05, 0) is 60.5 Å². The summed E-state index contributed by atoms with van der Waals surface area (Å²) in [4.78, 5) is 25.9. The lowest BCUT2D eigenvalue weighted by atomic mass is 9.97. The lowest BCUT2D eigenvalue weighted by Gasteiger charge is -2.35. The number of amides is 1. The van der Waals surface area contributed by atoms with Crippen molar-refractivity contribution in [3.8, 4) is 11.1 Å². The van der Waals surface area contributed by atoms with Gasteiger partial charge in [0.2, 0.25) is 11.9 Å². The molecule has 1 aliphatic heterocycles. The van der Waals surface area contributed by atoms with E-state index in [4.69, 9.17) is 10.1 Å². The Hall–Kier alpha value is -4.27. The van der Waals surface area contributed by atoms with Crippen molar-refractivity contribution in [1.29, 1.82) is 0 Å². The molecule has 1 aliphatic rings. The van der Waals surface area contributed by atoms with Gasteiger partial charge in [-0.2, -0.15) is 0 Å². The van der Waals surface area contributed by atoms with Crippen LogP contribution in [-0.2, 0) is 4.79 Å². The van der Waals surface area contributed by atoms with Crippen molar-refractivity contribution in [2.75, 3.05) is 54.9 Å². The van der Waals surface area contributed by atoms with Crippen LogP contribution in [0.1, 0.15) is 5.56 Å². The Labute approximate surface area is 222 Å². The minimum Gasteiger partial charge on any atom is -0.395 e. The second-order valence-electron chi connectivity index (χ2n) is 9.39. The fourth-order valence-corrected chi connectivity index (χ4v) is 4.82. The molecule has 0 atom stereocenters. The van der Waals surface area contributed by atoms with Crippen LogP contribution >= 0.6 is 0 Å². The second kappa shape index (κ2) is 11.4. The molecule has 0 bridgehead atoms. The van der Waals surface area contributed by atoms with Crippen LogP contribution in [0.25, 0.3) is 22.0 Å².